The van der Waals surface area contributed by atoms with Crippen LogP contribution in [0.5, 0.6) is 0 Å². The van der Waals surface area contributed by atoms with Crippen LogP contribution in [0.25, 0.3) is 0 Å². The quantitative estimate of drug-likeness (QED) is 0.587. The van der Waals surface area contributed by atoms with E-state index in [4.69, 9.17) is 10.5 Å². The summed E-state index contributed by atoms with van der Waals surface area (Å²) < 4.78 is 5.18. The molecule has 1 atom stereocenters. The Morgan fingerprint density at radius 2 is 1.86 bits per heavy atom. The molecular formula is C16H31N3O3. The molecule has 0 radical (unpaired) electrons. The lowest BCUT2D eigenvalue weighted by Gasteiger charge is -2.29. The molecule has 0 saturated heterocycles. The van der Waals surface area contributed by atoms with Crippen LogP contribution in [0.3, 0.4) is 0 Å². The Kier molecular flexibility index (Phi) is 7.82. The molecule has 2 amide bonds. The second kappa shape index (κ2) is 9.10. The van der Waals surface area contributed by atoms with E-state index in [1.165, 1.54) is 12.8 Å². The molecule has 6 nitrogen and oxygen atoms in total. The van der Waals surface area contributed by atoms with Gasteiger partial charge in [0.2, 0.25) is 11.8 Å². The molecule has 1 aliphatic carbocycles. The third kappa shape index (κ3) is 5.93. The van der Waals surface area contributed by atoms with E-state index in [0.717, 1.165) is 25.9 Å². The molecule has 0 unspecified atom stereocenters. The van der Waals surface area contributed by atoms with Gasteiger partial charge in [0.05, 0.1) is 12.6 Å². The van der Waals surface area contributed by atoms with Crippen molar-refractivity contribution in [3.63, 3.8) is 0 Å². The molecule has 0 aromatic heterocycles. The maximum absolute atomic E-state index is 11.9. The van der Waals surface area contributed by atoms with E-state index in [1.54, 1.807) is 7.11 Å². The van der Waals surface area contributed by atoms with Gasteiger partial charge >= 0.3 is 0 Å². The van der Waals surface area contributed by atoms with Crippen molar-refractivity contribution in [2.45, 2.75) is 52.0 Å². The van der Waals surface area contributed by atoms with Crippen molar-refractivity contribution >= 4 is 11.8 Å². The highest BCUT2D eigenvalue weighted by molar-refractivity contribution is 5.87. The van der Waals surface area contributed by atoms with Crippen LogP contribution >= 0.6 is 0 Å². The first kappa shape index (κ1) is 18.9. The van der Waals surface area contributed by atoms with Crippen molar-refractivity contribution in [1.82, 2.24) is 10.6 Å². The van der Waals surface area contributed by atoms with Crippen molar-refractivity contribution in [3.8, 4) is 0 Å². The summed E-state index contributed by atoms with van der Waals surface area (Å²) in [7, 11) is 1.70. The SMILES string of the molecule is COCCC1(CNC(=O)CNC(=O)[C@@H](N)C(C)C)CCCC1. The minimum Gasteiger partial charge on any atom is -0.385 e. The van der Waals surface area contributed by atoms with E-state index in [-0.39, 0.29) is 29.7 Å². The van der Waals surface area contributed by atoms with Crippen LogP contribution in [-0.4, -0.2) is 44.7 Å². The van der Waals surface area contributed by atoms with E-state index in [0.29, 0.717) is 6.54 Å². The zero-order chi connectivity index (χ0) is 16.6. The fourth-order valence-corrected chi connectivity index (χ4v) is 2.90. The average molecular weight is 313 g/mol. The summed E-state index contributed by atoms with van der Waals surface area (Å²) in [6, 6.07) is -0.573. The normalized spacial score (nSPS) is 18.2. The summed E-state index contributed by atoms with van der Waals surface area (Å²) >= 11 is 0. The maximum atomic E-state index is 11.9. The highest BCUT2D eigenvalue weighted by Crippen LogP contribution is 2.40. The molecule has 1 rings (SSSR count). The van der Waals surface area contributed by atoms with E-state index < -0.39 is 6.04 Å². The van der Waals surface area contributed by atoms with Gasteiger partial charge in [0.25, 0.3) is 0 Å². The van der Waals surface area contributed by atoms with E-state index in [9.17, 15) is 9.59 Å². The zero-order valence-corrected chi connectivity index (χ0v) is 14.1. The van der Waals surface area contributed by atoms with Crippen LogP contribution in [-0.2, 0) is 14.3 Å². The van der Waals surface area contributed by atoms with Gasteiger partial charge in [-0.05, 0) is 30.6 Å². The van der Waals surface area contributed by atoms with E-state index >= 15 is 0 Å². The molecule has 1 aliphatic rings. The lowest BCUT2D eigenvalue weighted by Crippen LogP contribution is -2.48. The van der Waals surface area contributed by atoms with Gasteiger partial charge in [-0.2, -0.15) is 0 Å². The van der Waals surface area contributed by atoms with Gasteiger partial charge in [-0.15, -0.1) is 0 Å². The zero-order valence-electron chi connectivity index (χ0n) is 14.1. The Labute approximate surface area is 133 Å². The molecule has 0 aliphatic heterocycles. The van der Waals surface area contributed by atoms with Gasteiger partial charge in [-0.25, -0.2) is 0 Å². The Morgan fingerprint density at radius 1 is 1.23 bits per heavy atom. The minimum absolute atomic E-state index is 0.0143. The third-order valence-corrected chi connectivity index (χ3v) is 4.61. The Bertz CT molecular complexity index is 366. The Balaban J connectivity index is 2.33. The first-order valence-electron chi connectivity index (χ1n) is 8.19. The number of rotatable bonds is 9. The highest BCUT2D eigenvalue weighted by atomic mass is 16.5. The number of carbonyl (C=O) groups excluding carboxylic acids is 2. The van der Waals surface area contributed by atoms with Gasteiger partial charge in [-0.1, -0.05) is 26.7 Å². The lowest BCUT2D eigenvalue weighted by molar-refractivity contribution is -0.127. The number of methoxy groups -OCH3 is 1. The summed E-state index contributed by atoms with van der Waals surface area (Å²) in [6.45, 7) is 5.12. The average Bonchev–Trinajstić information content (AvgIpc) is 2.97. The number of nitrogens with two attached hydrogens (primary N) is 1. The van der Waals surface area contributed by atoms with Gasteiger partial charge in [0.15, 0.2) is 0 Å². The van der Waals surface area contributed by atoms with E-state index in [1.807, 2.05) is 13.8 Å². The molecule has 0 bridgehead atoms. The second-order valence-electron chi connectivity index (χ2n) is 6.71. The standard InChI is InChI=1S/C16H31N3O3/c1-12(2)14(17)15(21)18-10-13(20)19-11-16(8-9-22-3)6-4-5-7-16/h12,14H,4-11,17H2,1-3H3,(H,18,21)(H,19,20)/t14-/m0/s1. The minimum atomic E-state index is -0.573. The van der Waals surface area contributed by atoms with Crippen molar-refractivity contribution in [2.75, 3.05) is 26.8 Å². The first-order valence-corrected chi connectivity index (χ1v) is 8.19. The molecule has 128 valence electrons. The number of carbonyl (C=O) groups is 2. The van der Waals surface area contributed by atoms with Crippen molar-refractivity contribution in [3.05, 3.63) is 0 Å². The molecule has 22 heavy (non-hydrogen) atoms. The van der Waals surface area contributed by atoms with Crippen LogP contribution < -0.4 is 16.4 Å². The number of amides is 2. The fraction of sp³-hybridized carbons (Fsp3) is 0.875. The molecule has 0 aromatic rings. The van der Waals surface area contributed by atoms with Gasteiger partial charge in [0, 0.05) is 20.3 Å². The monoisotopic (exact) mass is 313 g/mol. The van der Waals surface area contributed by atoms with Crippen molar-refractivity contribution in [2.24, 2.45) is 17.1 Å². The van der Waals surface area contributed by atoms with Crippen LogP contribution in [0.15, 0.2) is 0 Å². The second-order valence-corrected chi connectivity index (χ2v) is 6.71. The Morgan fingerprint density at radius 3 is 2.41 bits per heavy atom. The van der Waals surface area contributed by atoms with Crippen molar-refractivity contribution < 1.29 is 14.3 Å². The third-order valence-electron chi connectivity index (χ3n) is 4.61. The predicted octanol–water partition coefficient (Wildman–Crippen LogP) is 0.799. The molecule has 1 fully saturated rings. The predicted molar refractivity (Wildman–Crippen MR) is 86.2 cm³/mol. The van der Waals surface area contributed by atoms with Crippen LogP contribution in [0, 0.1) is 11.3 Å². The number of ether oxygens (including phenoxy) is 1. The summed E-state index contributed by atoms with van der Waals surface area (Å²) in [5, 5.41) is 5.54. The molecular weight excluding hydrogens is 282 g/mol. The summed E-state index contributed by atoms with van der Waals surface area (Å²) in [4.78, 5) is 23.6. The van der Waals surface area contributed by atoms with Crippen LogP contribution in [0.1, 0.15) is 46.0 Å². The summed E-state index contributed by atoms with van der Waals surface area (Å²) in [5.41, 5.74) is 5.89. The molecule has 0 spiro atoms. The van der Waals surface area contributed by atoms with Crippen LogP contribution in [0.2, 0.25) is 0 Å². The highest BCUT2D eigenvalue weighted by Gasteiger charge is 2.33. The molecule has 4 N–H and O–H groups in total. The smallest absolute Gasteiger partial charge is 0.239 e. The molecule has 6 heteroatoms. The van der Waals surface area contributed by atoms with Crippen molar-refractivity contribution in [1.29, 1.82) is 0 Å². The number of hydrogen-bond donors (Lipinski definition) is 3. The summed E-state index contributed by atoms with van der Waals surface area (Å²) in [5.74, 6) is -0.382. The van der Waals surface area contributed by atoms with Crippen LogP contribution in [0.4, 0.5) is 0 Å². The van der Waals surface area contributed by atoms with Gasteiger partial charge < -0.3 is 21.1 Å². The largest absolute Gasteiger partial charge is 0.385 e. The summed E-state index contributed by atoms with van der Waals surface area (Å²) in [6.07, 6.45) is 5.63. The molecule has 1 saturated carbocycles. The maximum Gasteiger partial charge on any atom is 0.239 e. The Hall–Kier alpha value is -1.14. The van der Waals surface area contributed by atoms with Gasteiger partial charge in [-0.3, -0.25) is 9.59 Å². The fourth-order valence-electron chi connectivity index (χ4n) is 2.90. The first-order chi connectivity index (χ1) is 10.4. The van der Waals surface area contributed by atoms with E-state index in [2.05, 4.69) is 10.6 Å². The number of nitrogens with one attached hydrogen (secondary N) is 2. The lowest BCUT2D eigenvalue weighted by atomic mass is 9.83. The van der Waals surface area contributed by atoms with Gasteiger partial charge in [0.1, 0.15) is 0 Å². The molecule has 0 heterocycles. The topological polar surface area (TPSA) is 93.5 Å². The number of hydrogen-bond acceptors (Lipinski definition) is 4. The molecule has 0 aromatic carbocycles.